The lowest BCUT2D eigenvalue weighted by Gasteiger charge is -2.18. The second-order valence-corrected chi connectivity index (χ2v) is 9.70. The van der Waals surface area contributed by atoms with Gasteiger partial charge in [-0.2, -0.15) is 0 Å². The Morgan fingerprint density at radius 1 is 1.03 bits per heavy atom. The first-order valence-electron chi connectivity index (χ1n) is 10.5. The maximum absolute atomic E-state index is 12.5. The molecule has 0 saturated heterocycles. The predicted molar refractivity (Wildman–Crippen MR) is 127 cm³/mol. The number of hydrogen-bond acceptors (Lipinski definition) is 7. The number of nitrogens with one attached hydrogen (secondary N) is 3. The van der Waals surface area contributed by atoms with Crippen LogP contribution in [0.2, 0.25) is 0 Å². The quantitative estimate of drug-likeness (QED) is 0.499. The highest BCUT2D eigenvalue weighted by molar-refractivity contribution is 7.22. The van der Waals surface area contributed by atoms with Crippen LogP contribution in [0.4, 0.5) is 9.93 Å². The molecule has 3 rings (SSSR count). The van der Waals surface area contributed by atoms with Crippen molar-refractivity contribution in [2.24, 2.45) is 0 Å². The van der Waals surface area contributed by atoms with Crippen LogP contribution >= 0.6 is 11.3 Å². The monoisotopic (exact) mass is 469 g/mol. The third-order valence-corrected chi connectivity index (χ3v) is 5.10. The zero-order valence-electron chi connectivity index (χ0n) is 19.2. The van der Waals surface area contributed by atoms with E-state index in [-0.39, 0.29) is 35.8 Å². The van der Waals surface area contributed by atoms with Crippen LogP contribution in [0.25, 0.3) is 10.2 Å². The number of carbonyl (C=O) groups is 3. The molecule has 3 aromatic rings. The van der Waals surface area contributed by atoms with Crippen LogP contribution < -0.4 is 16.0 Å². The lowest BCUT2D eigenvalue weighted by atomic mass is 10.2. The molecular formula is C23H27N5O4S. The first-order valence-corrected chi connectivity index (χ1v) is 11.3. The Morgan fingerprint density at radius 3 is 2.39 bits per heavy atom. The normalized spacial score (nSPS) is 11.3. The fraction of sp³-hybridized carbons (Fsp3) is 0.348. The molecule has 2 heterocycles. The van der Waals surface area contributed by atoms with Crippen molar-refractivity contribution >= 4 is 44.6 Å². The second-order valence-electron chi connectivity index (χ2n) is 8.67. The van der Waals surface area contributed by atoms with E-state index >= 15 is 0 Å². The Balaban J connectivity index is 1.64. The number of pyridine rings is 1. The van der Waals surface area contributed by atoms with E-state index in [9.17, 15) is 14.4 Å². The number of rotatable bonds is 6. The molecule has 174 valence electrons. The number of ether oxygens (including phenoxy) is 1. The minimum absolute atomic E-state index is 0.0303. The Morgan fingerprint density at radius 2 is 1.73 bits per heavy atom. The van der Waals surface area contributed by atoms with E-state index in [0.717, 1.165) is 10.3 Å². The molecule has 0 bridgehead atoms. The van der Waals surface area contributed by atoms with Gasteiger partial charge in [-0.3, -0.25) is 14.9 Å². The summed E-state index contributed by atoms with van der Waals surface area (Å²) in [6, 6.07) is 10.3. The summed E-state index contributed by atoms with van der Waals surface area (Å²) < 4.78 is 6.14. The largest absolute Gasteiger partial charge is 0.444 e. The van der Waals surface area contributed by atoms with Crippen LogP contribution in [-0.4, -0.2) is 39.5 Å². The smallest absolute Gasteiger partial charge is 0.413 e. The number of anilines is 1. The van der Waals surface area contributed by atoms with Gasteiger partial charge in [0.05, 0.1) is 10.2 Å². The highest BCUT2D eigenvalue weighted by atomic mass is 32.1. The summed E-state index contributed by atoms with van der Waals surface area (Å²) >= 11 is 1.33. The standard InChI is InChI=1S/C23H27N5O4S/c1-13(2)25-20(30)16-8-6-7-15(26-16)19(29)24-12-14-9-10-18-17(11-14)27-21(33-18)28-22(31)32-23(3,4)5/h6-11,13H,12H2,1-5H3,(H,24,29)(H,25,30)(H,27,28,31). The van der Waals surface area contributed by atoms with E-state index in [1.807, 2.05) is 32.0 Å². The van der Waals surface area contributed by atoms with Crippen molar-refractivity contribution in [2.45, 2.75) is 52.8 Å². The van der Waals surface area contributed by atoms with E-state index in [2.05, 4.69) is 25.9 Å². The molecule has 3 N–H and O–H groups in total. The van der Waals surface area contributed by atoms with Crippen molar-refractivity contribution in [3.8, 4) is 0 Å². The molecule has 0 atom stereocenters. The van der Waals surface area contributed by atoms with Gasteiger partial charge >= 0.3 is 6.09 Å². The van der Waals surface area contributed by atoms with Crippen LogP contribution in [0, 0.1) is 0 Å². The minimum atomic E-state index is -0.598. The fourth-order valence-corrected chi connectivity index (χ4v) is 3.66. The number of nitrogens with zero attached hydrogens (tertiary/aromatic N) is 2. The minimum Gasteiger partial charge on any atom is -0.444 e. The zero-order chi connectivity index (χ0) is 24.2. The Labute approximate surface area is 196 Å². The van der Waals surface area contributed by atoms with Crippen molar-refractivity contribution in [3.63, 3.8) is 0 Å². The van der Waals surface area contributed by atoms with Gasteiger partial charge in [0, 0.05) is 12.6 Å². The Hall–Kier alpha value is -3.53. The van der Waals surface area contributed by atoms with Crippen LogP contribution in [-0.2, 0) is 11.3 Å². The van der Waals surface area contributed by atoms with Gasteiger partial charge in [0.15, 0.2) is 5.13 Å². The van der Waals surface area contributed by atoms with Crippen molar-refractivity contribution in [1.29, 1.82) is 0 Å². The van der Waals surface area contributed by atoms with Crippen LogP contribution in [0.5, 0.6) is 0 Å². The summed E-state index contributed by atoms with van der Waals surface area (Å²) in [6.07, 6.45) is -0.564. The molecule has 0 fully saturated rings. The molecule has 0 saturated carbocycles. The maximum atomic E-state index is 12.5. The Kier molecular flexibility index (Phi) is 7.27. The van der Waals surface area contributed by atoms with E-state index in [1.54, 1.807) is 39.0 Å². The molecule has 3 amide bonds. The zero-order valence-corrected chi connectivity index (χ0v) is 20.0. The summed E-state index contributed by atoms with van der Waals surface area (Å²) in [5, 5.41) is 8.63. The third kappa shape index (κ3) is 6.98. The molecule has 0 radical (unpaired) electrons. The molecular weight excluding hydrogens is 442 g/mol. The van der Waals surface area contributed by atoms with Gasteiger partial charge in [0.25, 0.3) is 11.8 Å². The molecule has 0 unspecified atom stereocenters. The summed E-state index contributed by atoms with van der Waals surface area (Å²) in [4.78, 5) is 45.2. The average Bonchev–Trinajstić information content (AvgIpc) is 3.11. The average molecular weight is 470 g/mol. The van der Waals surface area contributed by atoms with Gasteiger partial charge in [0.2, 0.25) is 0 Å². The summed E-state index contributed by atoms with van der Waals surface area (Å²) in [5.74, 6) is -0.718. The van der Waals surface area contributed by atoms with Gasteiger partial charge < -0.3 is 15.4 Å². The molecule has 9 nitrogen and oxygen atoms in total. The van der Waals surface area contributed by atoms with Crippen LogP contribution in [0.1, 0.15) is 61.2 Å². The van der Waals surface area contributed by atoms with Crippen molar-refractivity contribution in [1.82, 2.24) is 20.6 Å². The second kappa shape index (κ2) is 9.95. The van der Waals surface area contributed by atoms with E-state index < -0.39 is 11.7 Å². The molecule has 0 aliphatic rings. The topological polar surface area (TPSA) is 122 Å². The van der Waals surface area contributed by atoms with Gasteiger partial charge in [-0.15, -0.1) is 0 Å². The van der Waals surface area contributed by atoms with E-state index in [4.69, 9.17) is 4.74 Å². The van der Waals surface area contributed by atoms with Crippen molar-refractivity contribution in [3.05, 3.63) is 53.3 Å². The highest BCUT2D eigenvalue weighted by Gasteiger charge is 2.18. The SMILES string of the molecule is CC(C)NC(=O)c1cccc(C(=O)NCc2ccc3sc(NC(=O)OC(C)(C)C)nc3c2)n1. The molecule has 0 spiro atoms. The lowest BCUT2D eigenvalue weighted by molar-refractivity contribution is 0.0635. The molecule has 0 aliphatic heterocycles. The summed E-state index contributed by atoms with van der Waals surface area (Å²) in [7, 11) is 0. The number of aromatic nitrogens is 2. The molecule has 2 aromatic heterocycles. The molecule has 33 heavy (non-hydrogen) atoms. The van der Waals surface area contributed by atoms with Gasteiger partial charge in [0.1, 0.15) is 17.0 Å². The number of carbonyl (C=O) groups excluding carboxylic acids is 3. The number of hydrogen-bond donors (Lipinski definition) is 3. The van der Waals surface area contributed by atoms with Crippen molar-refractivity contribution < 1.29 is 19.1 Å². The fourth-order valence-electron chi connectivity index (χ4n) is 2.82. The molecule has 0 aliphatic carbocycles. The predicted octanol–water partition coefficient (Wildman–Crippen LogP) is 4.11. The van der Waals surface area contributed by atoms with Crippen LogP contribution in [0.3, 0.4) is 0 Å². The summed E-state index contributed by atoms with van der Waals surface area (Å²) in [6.45, 7) is 9.33. The van der Waals surface area contributed by atoms with E-state index in [0.29, 0.717) is 10.6 Å². The first-order chi connectivity index (χ1) is 15.5. The number of benzene rings is 1. The van der Waals surface area contributed by atoms with Crippen LogP contribution in [0.15, 0.2) is 36.4 Å². The van der Waals surface area contributed by atoms with Gasteiger partial charge in [-0.1, -0.05) is 23.5 Å². The van der Waals surface area contributed by atoms with E-state index in [1.165, 1.54) is 11.3 Å². The number of fused-ring (bicyclic) bond motifs is 1. The number of thiazole rings is 1. The summed E-state index contributed by atoms with van der Waals surface area (Å²) in [5.41, 5.74) is 1.27. The number of amides is 3. The van der Waals surface area contributed by atoms with Crippen molar-refractivity contribution in [2.75, 3.05) is 5.32 Å². The molecule has 10 heteroatoms. The first kappa shape index (κ1) is 24.1. The van der Waals surface area contributed by atoms with Gasteiger partial charge in [-0.25, -0.2) is 14.8 Å². The van der Waals surface area contributed by atoms with Gasteiger partial charge in [-0.05, 0) is 64.4 Å². The lowest BCUT2D eigenvalue weighted by Crippen LogP contribution is -2.31. The maximum Gasteiger partial charge on any atom is 0.413 e. The highest BCUT2D eigenvalue weighted by Crippen LogP contribution is 2.27. The Bertz CT molecular complexity index is 1180. The molecule has 1 aromatic carbocycles. The third-order valence-electron chi connectivity index (χ3n) is 4.15.